The lowest BCUT2D eigenvalue weighted by atomic mass is 10.2. The monoisotopic (exact) mass is 325 g/mol. The second kappa shape index (κ2) is 7.61. The number of benzene rings is 1. The Morgan fingerprint density at radius 1 is 1.21 bits per heavy atom. The summed E-state index contributed by atoms with van der Waals surface area (Å²) in [6.45, 7) is 1.23. The molecule has 0 saturated heterocycles. The molecule has 0 aliphatic carbocycles. The Morgan fingerprint density at radius 2 is 2.04 bits per heavy atom. The first-order valence-electron chi connectivity index (χ1n) is 7.74. The zero-order valence-corrected chi connectivity index (χ0v) is 13.2. The second-order valence-electron chi connectivity index (χ2n) is 5.49. The van der Waals surface area contributed by atoms with Crippen molar-refractivity contribution < 1.29 is 14.3 Å². The Morgan fingerprint density at radius 3 is 2.75 bits per heavy atom. The van der Waals surface area contributed by atoms with Crippen LogP contribution in [0.2, 0.25) is 0 Å². The fraction of sp³-hybridized carbons (Fsp3) is 0.222. The van der Waals surface area contributed by atoms with Crippen molar-refractivity contribution in [2.24, 2.45) is 0 Å². The molecule has 0 fully saturated rings. The lowest BCUT2D eigenvalue weighted by Gasteiger charge is -2.20. The molecule has 6 nitrogen and oxygen atoms in total. The Bertz CT molecular complexity index is 766. The third kappa shape index (κ3) is 3.91. The first-order valence-corrected chi connectivity index (χ1v) is 7.74. The molecule has 0 aliphatic heterocycles. The van der Waals surface area contributed by atoms with Crippen LogP contribution in [0.15, 0.2) is 65.7 Å². The highest BCUT2D eigenvalue weighted by Gasteiger charge is 2.17. The number of aliphatic hydroxyl groups excluding tert-OH is 1. The summed E-state index contributed by atoms with van der Waals surface area (Å²) in [6.07, 6.45) is 6.53. The van der Waals surface area contributed by atoms with E-state index < -0.39 is 0 Å². The molecule has 0 bridgehead atoms. The van der Waals surface area contributed by atoms with Crippen LogP contribution in [0, 0.1) is 0 Å². The van der Waals surface area contributed by atoms with Crippen LogP contribution in [-0.4, -0.2) is 38.8 Å². The van der Waals surface area contributed by atoms with Gasteiger partial charge in [-0.1, -0.05) is 30.3 Å². The lowest BCUT2D eigenvalue weighted by molar-refractivity contribution is 0.0707. The van der Waals surface area contributed by atoms with E-state index in [1.807, 2.05) is 41.2 Å². The molecule has 0 atom stereocenters. The summed E-state index contributed by atoms with van der Waals surface area (Å²) < 4.78 is 6.80. The van der Waals surface area contributed by atoms with Crippen molar-refractivity contribution in [2.75, 3.05) is 13.2 Å². The number of nitrogens with zero attached hydrogens (tertiary/aromatic N) is 3. The number of carbonyl (C=O) groups excluding carboxylic acids is 1. The number of hydrogen-bond acceptors (Lipinski definition) is 4. The summed E-state index contributed by atoms with van der Waals surface area (Å²) in [5, 5.41) is 13.6. The van der Waals surface area contributed by atoms with Gasteiger partial charge in [0.05, 0.1) is 31.2 Å². The Kier molecular flexibility index (Phi) is 5.08. The molecule has 2 heterocycles. The fourth-order valence-electron chi connectivity index (χ4n) is 2.51. The van der Waals surface area contributed by atoms with Gasteiger partial charge in [-0.15, -0.1) is 0 Å². The lowest BCUT2D eigenvalue weighted by Crippen LogP contribution is -2.32. The van der Waals surface area contributed by atoms with Crippen molar-refractivity contribution in [2.45, 2.75) is 13.1 Å². The summed E-state index contributed by atoms with van der Waals surface area (Å²) in [4.78, 5) is 14.0. The Hall–Kier alpha value is -2.86. The molecule has 24 heavy (non-hydrogen) atoms. The van der Waals surface area contributed by atoms with E-state index in [0.717, 1.165) is 11.1 Å². The molecule has 1 N–H and O–H groups in total. The summed E-state index contributed by atoms with van der Waals surface area (Å²) >= 11 is 0. The average Bonchev–Trinajstić information content (AvgIpc) is 3.27. The highest BCUT2D eigenvalue weighted by Crippen LogP contribution is 2.11. The van der Waals surface area contributed by atoms with E-state index in [1.54, 1.807) is 17.2 Å². The predicted octanol–water partition coefficient (Wildman–Crippen LogP) is 2.16. The van der Waals surface area contributed by atoms with Gasteiger partial charge in [-0.25, -0.2) is 0 Å². The van der Waals surface area contributed by atoms with Crippen molar-refractivity contribution in [3.05, 3.63) is 78.0 Å². The maximum absolute atomic E-state index is 12.4. The number of amides is 1. The number of carbonyl (C=O) groups is 1. The van der Waals surface area contributed by atoms with Gasteiger partial charge in [0.2, 0.25) is 0 Å². The van der Waals surface area contributed by atoms with Crippen molar-refractivity contribution in [3.8, 4) is 0 Å². The molecule has 6 heteroatoms. The average molecular weight is 325 g/mol. The fourth-order valence-corrected chi connectivity index (χ4v) is 2.51. The van der Waals surface area contributed by atoms with Gasteiger partial charge in [0.15, 0.2) is 0 Å². The van der Waals surface area contributed by atoms with Crippen molar-refractivity contribution in [1.29, 1.82) is 0 Å². The van der Waals surface area contributed by atoms with Gasteiger partial charge >= 0.3 is 0 Å². The molecule has 0 saturated carbocycles. The number of aromatic nitrogens is 2. The van der Waals surface area contributed by atoms with E-state index in [-0.39, 0.29) is 19.1 Å². The van der Waals surface area contributed by atoms with E-state index in [2.05, 4.69) is 5.10 Å². The topological polar surface area (TPSA) is 71.5 Å². The SMILES string of the molecule is O=C(c1ccoc1)N(CCO)Cc1cnn(Cc2ccccc2)c1. The van der Waals surface area contributed by atoms with Crippen LogP contribution in [0.25, 0.3) is 0 Å². The number of rotatable bonds is 7. The molecule has 0 spiro atoms. The third-order valence-corrected chi connectivity index (χ3v) is 3.67. The first-order chi connectivity index (χ1) is 11.8. The molecule has 1 amide bonds. The largest absolute Gasteiger partial charge is 0.472 e. The van der Waals surface area contributed by atoms with E-state index in [1.165, 1.54) is 12.5 Å². The summed E-state index contributed by atoms with van der Waals surface area (Å²) in [6, 6.07) is 11.7. The first kappa shape index (κ1) is 16.0. The highest BCUT2D eigenvalue weighted by molar-refractivity contribution is 5.93. The minimum absolute atomic E-state index is 0.0955. The normalized spacial score (nSPS) is 10.7. The van der Waals surface area contributed by atoms with Crippen molar-refractivity contribution in [1.82, 2.24) is 14.7 Å². The summed E-state index contributed by atoms with van der Waals surface area (Å²) in [5.41, 5.74) is 2.55. The molecule has 1 aromatic carbocycles. The van der Waals surface area contributed by atoms with Gasteiger partial charge in [0, 0.05) is 24.8 Å². The van der Waals surface area contributed by atoms with Crippen LogP contribution in [0.1, 0.15) is 21.5 Å². The van der Waals surface area contributed by atoms with Gasteiger partial charge in [0.1, 0.15) is 6.26 Å². The summed E-state index contributed by atoms with van der Waals surface area (Å²) in [5.74, 6) is -0.173. The van der Waals surface area contributed by atoms with Crippen molar-refractivity contribution >= 4 is 5.91 Å². The standard InChI is InChI=1S/C18H19N3O3/c22-8-7-20(18(23)17-6-9-24-14-17)11-16-10-19-21(13-16)12-15-4-2-1-3-5-15/h1-6,9-10,13-14,22H,7-8,11-12H2. The van der Waals surface area contributed by atoms with Crippen LogP contribution < -0.4 is 0 Å². The highest BCUT2D eigenvalue weighted by atomic mass is 16.3. The minimum atomic E-state index is -0.173. The van der Waals surface area contributed by atoms with E-state index in [4.69, 9.17) is 4.42 Å². The van der Waals surface area contributed by atoms with Crippen LogP contribution in [0.5, 0.6) is 0 Å². The molecule has 0 unspecified atom stereocenters. The predicted molar refractivity (Wildman–Crippen MR) is 88.3 cm³/mol. The second-order valence-corrected chi connectivity index (χ2v) is 5.49. The Labute approximate surface area is 139 Å². The van der Waals surface area contributed by atoms with Gasteiger partial charge < -0.3 is 14.4 Å². The third-order valence-electron chi connectivity index (χ3n) is 3.67. The van der Waals surface area contributed by atoms with Crippen LogP contribution in [0.4, 0.5) is 0 Å². The maximum atomic E-state index is 12.4. The molecule has 0 aliphatic rings. The zero-order chi connectivity index (χ0) is 16.8. The summed E-state index contributed by atoms with van der Waals surface area (Å²) in [7, 11) is 0. The van der Waals surface area contributed by atoms with Gasteiger partial charge in [0.25, 0.3) is 5.91 Å². The van der Waals surface area contributed by atoms with Gasteiger partial charge in [-0.05, 0) is 11.6 Å². The van der Waals surface area contributed by atoms with E-state index >= 15 is 0 Å². The van der Waals surface area contributed by atoms with Crippen LogP contribution in [-0.2, 0) is 13.1 Å². The zero-order valence-electron chi connectivity index (χ0n) is 13.2. The van der Waals surface area contributed by atoms with Gasteiger partial charge in [-0.2, -0.15) is 5.10 Å². The van der Waals surface area contributed by atoms with E-state index in [9.17, 15) is 9.90 Å². The smallest absolute Gasteiger partial charge is 0.257 e. The van der Waals surface area contributed by atoms with Crippen LogP contribution >= 0.6 is 0 Å². The van der Waals surface area contributed by atoms with Crippen molar-refractivity contribution in [3.63, 3.8) is 0 Å². The Balaban J connectivity index is 1.68. The molecule has 3 rings (SSSR count). The molecular formula is C18H19N3O3. The van der Waals surface area contributed by atoms with E-state index in [0.29, 0.717) is 18.7 Å². The molecule has 124 valence electrons. The maximum Gasteiger partial charge on any atom is 0.257 e. The molecule has 0 radical (unpaired) electrons. The minimum Gasteiger partial charge on any atom is -0.472 e. The quantitative estimate of drug-likeness (QED) is 0.722. The number of hydrogen-bond donors (Lipinski definition) is 1. The number of furan rings is 1. The molecule has 3 aromatic rings. The van der Waals surface area contributed by atoms with Gasteiger partial charge in [-0.3, -0.25) is 9.48 Å². The number of aliphatic hydroxyl groups is 1. The molecular weight excluding hydrogens is 306 g/mol. The van der Waals surface area contributed by atoms with Crippen LogP contribution in [0.3, 0.4) is 0 Å². The molecule has 2 aromatic heterocycles.